The molecule has 12 heteroatoms. The first-order valence-electron chi connectivity index (χ1n) is 8.81. The smallest absolute Gasteiger partial charge is 0.277 e. The van der Waals surface area contributed by atoms with Gasteiger partial charge in [-0.3, -0.25) is 9.63 Å². The molecule has 0 radical (unpaired) electrons. The van der Waals surface area contributed by atoms with Crippen LogP contribution in [0.25, 0.3) is 0 Å². The lowest BCUT2D eigenvalue weighted by molar-refractivity contribution is 0.0168. The van der Waals surface area contributed by atoms with Gasteiger partial charge in [0, 0.05) is 22.7 Å². The number of likely N-dealkylation sites (N-methyl/N-ethyl adjacent to an activating group) is 1. The van der Waals surface area contributed by atoms with Crippen molar-refractivity contribution in [3.8, 4) is 0 Å². The summed E-state index contributed by atoms with van der Waals surface area (Å²) in [5, 5.41) is 14.1. The summed E-state index contributed by atoms with van der Waals surface area (Å²) in [6.45, 7) is 0.0360. The number of halogens is 4. The molecule has 1 heterocycles. The molecule has 1 aromatic rings. The summed E-state index contributed by atoms with van der Waals surface area (Å²) >= 11 is -0.588. The van der Waals surface area contributed by atoms with Gasteiger partial charge < -0.3 is 20.6 Å². The number of hydrogen-bond donors (Lipinski definition) is 5. The summed E-state index contributed by atoms with van der Waals surface area (Å²) in [4.78, 5) is 22.3. The maximum Gasteiger partial charge on any atom is 0.277 e. The Kier molecular flexibility index (Phi) is 10.4. The van der Waals surface area contributed by atoms with Crippen LogP contribution in [-0.2, 0) is 16.2 Å². The van der Waals surface area contributed by atoms with E-state index in [1.54, 1.807) is 11.1 Å². The van der Waals surface area contributed by atoms with Crippen LogP contribution >= 0.6 is 20.7 Å². The molecule has 0 aromatic heterocycles. The quantitative estimate of drug-likeness (QED) is 0.156. The number of hydrogen-bond acceptors (Lipinski definition) is 7. The Balaban J connectivity index is 2.33. The summed E-state index contributed by atoms with van der Waals surface area (Å²) in [6.07, 6.45) is 1.41. The van der Waals surface area contributed by atoms with Gasteiger partial charge in [0.1, 0.15) is 0 Å². The summed E-state index contributed by atoms with van der Waals surface area (Å²) in [5.41, 5.74) is 3.39. The van der Waals surface area contributed by atoms with Gasteiger partial charge in [-0.05, 0) is 23.3 Å². The Morgan fingerprint density at radius 2 is 2.00 bits per heavy atom. The molecule has 0 saturated heterocycles. The lowest BCUT2D eigenvalue weighted by Crippen LogP contribution is -2.27. The van der Waals surface area contributed by atoms with Crippen LogP contribution in [0.5, 0.6) is 0 Å². The number of aliphatic hydroxyl groups is 1. The number of hydroxylamine groups is 2. The molecule has 0 saturated carbocycles. The van der Waals surface area contributed by atoms with Crippen molar-refractivity contribution < 1.29 is 32.7 Å². The minimum absolute atomic E-state index is 0.0918. The lowest BCUT2D eigenvalue weighted by atomic mass is 10.1. The summed E-state index contributed by atoms with van der Waals surface area (Å²) in [5.74, 6) is -4.09. The fourth-order valence-corrected chi connectivity index (χ4v) is 3.67. The van der Waals surface area contributed by atoms with Crippen LogP contribution in [0.3, 0.4) is 0 Å². The van der Waals surface area contributed by atoms with Crippen molar-refractivity contribution in [1.82, 2.24) is 16.3 Å². The van der Waals surface area contributed by atoms with Crippen LogP contribution in [0.15, 0.2) is 27.7 Å². The van der Waals surface area contributed by atoms with Crippen LogP contribution in [0.2, 0.25) is 0 Å². The highest BCUT2D eigenvalue weighted by atomic mass is 127. The van der Waals surface area contributed by atoms with Gasteiger partial charge in [-0.25, -0.2) is 18.7 Å². The molecule has 5 N–H and O–H groups in total. The Labute approximate surface area is 181 Å². The Bertz CT molecular complexity index is 849. The van der Waals surface area contributed by atoms with Crippen LogP contribution in [0, 0.1) is 11.6 Å². The highest BCUT2D eigenvalue weighted by Gasteiger charge is 2.24. The van der Waals surface area contributed by atoms with E-state index in [1.165, 1.54) is 10.1 Å². The molecular formula is C18H22F3IN4O4. The van der Waals surface area contributed by atoms with Gasteiger partial charge in [0.25, 0.3) is 5.91 Å². The molecule has 0 spiro atoms. The average molecular weight is 542 g/mol. The maximum atomic E-state index is 14.8. The fraction of sp³-hybridized carbons (Fsp3) is 0.333. The molecule has 2 rings (SSSR count). The van der Waals surface area contributed by atoms with Gasteiger partial charge in [-0.1, -0.05) is 20.7 Å². The van der Waals surface area contributed by atoms with E-state index in [-0.39, 0.29) is 43.2 Å². The third-order valence-corrected chi connectivity index (χ3v) is 5.36. The molecule has 166 valence electrons. The average Bonchev–Trinajstić information content (AvgIpc) is 2.74. The van der Waals surface area contributed by atoms with Crippen molar-refractivity contribution in [2.24, 2.45) is 0 Å². The van der Waals surface area contributed by atoms with Crippen LogP contribution in [0.4, 0.5) is 18.9 Å². The van der Waals surface area contributed by atoms with Crippen molar-refractivity contribution >= 4 is 36.3 Å². The summed E-state index contributed by atoms with van der Waals surface area (Å²) in [7, 11) is 1.73. The third-order valence-electron chi connectivity index (χ3n) is 3.68. The number of carbonyl (C=O) groups is 1. The standard InChI is InChI=1S/C18H22F3IN4O4/c1-23-4-6-29-24-10-11-8-12(18(28)26-30-7-5-27)17(16(21)15(11)20)25-14-2-3-22-9-13(14)19/h2-3,8-9,23-25,27H,4-7,10H2,1H3,(H,26,28). The van der Waals surface area contributed by atoms with Crippen LogP contribution in [0.1, 0.15) is 15.9 Å². The Morgan fingerprint density at radius 3 is 2.70 bits per heavy atom. The first-order valence-corrected chi connectivity index (χ1v) is 11.3. The minimum Gasteiger partial charge on any atom is -0.394 e. The number of amides is 1. The number of nitrogens with one attached hydrogen (secondary N) is 4. The molecule has 1 aliphatic rings. The second-order valence-electron chi connectivity index (χ2n) is 5.78. The van der Waals surface area contributed by atoms with E-state index >= 15 is 0 Å². The first-order chi connectivity index (χ1) is 14.5. The molecule has 0 unspecified atom stereocenters. The van der Waals surface area contributed by atoms with Gasteiger partial charge in [0.05, 0.1) is 36.8 Å². The highest BCUT2D eigenvalue weighted by Crippen LogP contribution is 2.29. The van der Waals surface area contributed by atoms with E-state index < -0.39 is 49.8 Å². The number of aliphatic hydroxyl groups excluding tert-OH is 1. The Hall–Kier alpha value is -1.84. The van der Waals surface area contributed by atoms with E-state index in [1.807, 2.05) is 5.48 Å². The van der Waals surface area contributed by atoms with Gasteiger partial charge >= 0.3 is 0 Å². The number of benzene rings is 1. The normalized spacial score (nSPS) is 13.4. The van der Waals surface area contributed by atoms with Gasteiger partial charge in [0.2, 0.25) is 0 Å². The summed E-state index contributed by atoms with van der Waals surface area (Å²) < 4.78 is 46.5. The number of anilines is 1. The third kappa shape index (κ3) is 6.85. The lowest BCUT2D eigenvalue weighted by Gasteiger charge is -2.17. The maximum absolute atomic E-state index is 14.8. The molecule has 0 aliphatic carbocycles. The summed E-state index contributed by atoms with van der Waals surface area (Å²) in [6, 6.07) is 1.11. The van der Waals surface area contributed by atoms with Crippen LogP contribution in [-0.4, -0.2) is 48.4 Å². The zero-order valence-electron chi connectivity index (χ0n) is 16.0. The van der Waals surface area contributed by atoms with E-state index in [2.05, 4.69) is 16.1 Å². The minimum atomic E-state index is -1.36. The SMILES string of the molecule is CNCCONCc1cc(C(=O)NOCCO)c(NC2=C(F)C=IC=C2)c(F)c1F. The fourth-order valence-electron chi connectivity index (χ4n) is 2.25. The Morgan fingerprint density at radius 1 is 1.20 bits per heavy atom. The predicted molar refractivity (Wildman–Crippen MR) is 115 cm³/mol. The van der Waals surface area contributed by atoms with E-state index in [0.717, 1.165) is 6.07 Å². The highest BCUT2D eigenvalue weighted by molar-refractivity contribution is 14.2. The zero-order chi connectivity index (χ0) is 21.9. The second-order valence-corrected chi connectivity index (χ2v) is 7.84. The van der Waals surface area contributed by atoms with Crippen molar-refractivity contribution in [1.29, 1.82) is 0 Å². The predicted octanol–water partition coefficient (Wildman–Crippen LogP) is 1.75. The van der Waals surface area contributed by atoms with E-state index in [0.29, 0.717) is 6.54 Å². The number of allylic oxidation sites excluding steroid dienone is 2. The van der Waals surface area contributed by atoms with Gasteiger partial charge in [-0.15, -0.1) is 0 Å². The van der Waals surface area contributed by atoms with Crippen molar-refractivity contribution in [2.75, 3.05) is 38.7 Å². The second kappa shape index (κ2) is 12.8. The monoisotopic (exact) mass is 542 g/mol. The molecule has 0 fully saturated rings. The molecule has 0 atom stereocenters. The van der Waals surface area contributed by atoms with Crippen molar-refractivity contribution in [3.05, 3.63) is 50.5 Å². The van der Waals surface area contributed by atoms with Crippen molar-refractivity contribution in [2.45, 2.75) is 6.54 Å². The first kappa shape index (κ1) is 24.4. The number of carbonyl (C=O) groups excluding carboxylic acids is 1. The van der Waals surface area contributed by atoms with Crippen LogP contribution < -0.4 is 21.6 Å². The molecular weight excluding hydrogens is 520 g/mol. The molecule has 1 aliphatic heterocycles. The molecule has 0 bridgehead atoms. The van der Waals surface area contributed by atoms with E-state index in [9.17, 15) is 18.0 Å². The molecule has 1 amide bonds. The molecule has 30 heavy (non-hydrogen) atoms. The zero-order valence-corrected chi connectivity index (χ0v) is 18.2. The molecule has 1 aromatic carbocycles. The van der Waals surface area contributed by atoms with Gasteiger partial charge in [-0.2, -0.15) is 5.48 Å². The topological polar surface area (TPSA) is 104 Å². The van der Waals surface area contributed by atoms with E-state index in [4.69, 9.17) is 14.8 Å². The largest absolute Gasteiger partial charge is 0.394 e. The van der Waals surface area contributed by atoms with Crippen molar-refractivity contribution in [3.63, 3.8) is 0 Å². The number of rotatable bonds is 12. The van der Waals surface area contributed by atoms with Gasteiger partial charge in [0.15, 0.2) is 17.5 Å². The molecule has 8 nitrogen and oxygen atoms in total.